The minimum absolute atomic E-state index is 0.0644. The molecular weight excluding hydrogens is 294 g/mol. The Balaban J connectivity index is 1.98. The van der Waals surface area contributed by atoms with Crippen molar-refractivity contribution in [1.29, 1.82) is 0 Å². The van der Waals surface area contributed by atoms with Gasteiger partial charge < -0.3 is 5.32 Å². The zero-order valence-corrected chi connectivity index (χ0v) is 12.3. The van der Waals surface area contributed by atoms with Crippen molar-refractivity contribution in [2.24, 2.45) is 0 Å². The fourth-order valence-electron chi connectivity index (χ4n) is 2.34. The quantitative estimate of drug-likeness (QED) is 0.590. The third kappa shape index (κ3) is 2.87. The number of aromatic nitrogens is 1. The maximum atomic E-state index is 12.6. The number of anilines is 1. The molecule has 0 fully saturated rings. The number of nitrogens with zero attached hydrogens (tertiary/aromatic N) is 2. The molecule has 0 aliphatic carbocycles. The van der Waals surface area contributed by atoms with Crippen LogP contribution in [0.2, 0.25) is 0 Å². The summed E-state index contributed by atoms with van der Waals surface area (Å²) < 4.78 is 0. The second kappa shape index (κ2) is 5.84. The van der Waals surface area contributed by atoms with Crippen LogP contribution in [0.3, 0.4) is 0 Å². The lowest BCUT2D eigenvalue weighted by Gasteiger charge is -2.10. The molecule has 0 unspecified atom stereocenters. The molecule has 3 aromatic rings. The van der Waals surface area contributed by atoms with Crippen LogP contribution in [0.4, 0.5) is 11.4 Å². The lowest BCUT2D eigenvalue weighted by atomic mass is 10.1. The van der Waals surface area contributed by atoms with Crippen molar-refractivity contribution in [3.63, 3.8) is 0 Å². The van der Waals surface area contributed by atoms with Crippen LogP contribution in [-0.4, -0.2) is 15.8 Å². The molecule has 0 spiro atoms. The molecular formula is C17H13N3O3. The van der Waals surface area contributed by atoms with Crippen molar-refractivity contribution in [2.45, 2.75) is 6.92 Å². The van der Waals surface area contributed by atoms with E-state index in [1.165, 1.54) is 12.1 Å². The lowest BCUT2D eigenvalue weighted by Crippen LogP contribution is -2.13. The number of nitrogens with one attached hydrogen (secondary N) is 1. The molecule has 0 aliphatic heterocycles. The van der Waals surface area contributed by atoms with E-state index < -0.39 is 4.92 Å². The number of hydrogen-bond acceptors (Lipinski definition) is 4. The molecule has 1 aromatic heterocycles. The third-order valence-corrected chi connectivity index (χ3v) is 3.57. The van der Waals surface area contributed by atoms with Crippen molar-refractivity contribution in [3.8, 4) is 0 Å². The molecule has 1 heterocycles. The summed E-state index contributed by atoms with van der Waals surface area (Å²) in [6.45, 7) is 1.78. The van der Waals surface area contributed by atoms with E-state index in [-0.39, 0.29) is 11.6 Å². The molecule has 0 radical (unpaired) electrons. The molecule has 0 saturated heterocycles. The van der Waals surface area contributed by atoms with Gasteiger partial charge in [0, 0.05) is 23.7 Å². The van der Waals surface area contributed by atoms with Gasteiger partial charge in [-0.3, -0.25) is 19.9 Å². The highest BCUT2D eigenvalue weighted by Crippen LogP contribution is 2.23. The second-order valence-corrected chi connectivity index (χ2v) is 5.09. The molecule has 3 rings (SSSR count). The highest BCUT2D eigenvalue weighted by Gasteiger charge is 2.14. The number of pyridine rings is 1. The normalized spacial score (nSPS) is 10.5. The van der Waals surface area contributed by atoms with Crippen LogP contribution in [0, 0.1) is 17.0 Å². The summed E-state index contributed by atoms with van der Waals surface area (Å²) in [5.41, 5.74) is 2.30. The Morgan fingerprint density at radius 3 is 2.74 bits per heavy atom. The smallest absolute Gasteiger partial charge is 0.271 e. The van der Waals surface area contributed by atoms with Gasteiger partial charge in [0.15, 0.2) is 0 Å². The van der Waals surface area contributed by atoms with Gasteiger partial charge in [-0.15, -0.1) is 0 Å². The third-order valence-electron chi connectivity index (χ3n) is 3.57. The zero-order valence-electron chi connectivity index (χ0n) is 12.3. The van der Waals surface area contributed by atoms with Gasteiger partial charge in [0.2, 0.25) is 0 Å². The number of aryl methyl sites for hydroxylation is 1. The van der Waals surface area contributed by atoms with E-state index in [4.69, 9.17) is 0 Å². The van der Waals surface area contributed by atoms with Crippen LogP contribution in [-0.2, 0) is 0 Å². The van der Waals surface area contributed by atoms with Crippen LogP contribution >= 0.6 is 0 Å². The molecule has 0 aliphatic rings. The maximum Gasteiger partial charge on any atom is 0.271 e. The standard InChI is InChI=1S/C17H13N3O3/c1-11-6-7-12(20(22)23)10-16(11)19-17(21)14-8-9-18-15-5-3-2-4-13(14)15/h2-10H,1H3,(H,19,21). The van der Waals surface area contributed by atoms with Crippen LogP contribution in [0.15, 0.2) is 54.7 Å². The van der Waals surface area contributed by atoms with Gasteiger partial charge in [-0.25, -0.2) is 0 Å². The maximum absolute atomic E-state index is 12.6. The molecule has 1 N–H and O–H groups in total. The molecule has 0 bridgehead atoms. The van der Waals surface area contributed by atoms with Gasteiger partial charge in [0.1, 0.15) is 0 Å². The van der Waals surface area contributed by atoms with Gasteiger partial charge in [0.05, 0.1) is 21.7 Å². The Bertz CT molecular complexity index is 917. The molecule has 6 heteroatoms. The van der Waals surface area contributed by atoms with E-state index in [0.717, 1.165) is 16.5 Å². The number of nitro groups is 1. The first-order valence-corrected chi connectivity index (χ1v) is 6.96. The molecule has 2 aromatic carbocycles. The van der Waals surface area contributed by atoms with Crippen molar-refractivity contribution in [3.05, 3.63) is 76.0 Å². The summed E-state index contributed by atoms with van der Waals surface area (Å²) in [5.74, 6) is -0.327. The molecule has 0 saturated carbocycles. The Labute approximate surface area is 131 Å². The van der Waals surface area contributed by atoms with Crippen molar-refractivity contribution in [1.82, 2.24) is 4.98 Å². The number of amides is 1. The first-order valence-electron chi connectivity index (χ1n) is 6.96. The van der Waals surface area contributed by atoms with E-state index in [0.29, 0.717) is 11.3 Å². The van der Waals surface area contributed by atoms with Crippen molar-refractivity contribution < 1.29 is 9.72 Å². The predicted octanol–water partition coefficient (Wildman–Crippen LogP) is 3.70. The van der Waals surface area contributed by atoms with Crippen LogP contribution in [0.5, 0.6) is 0 Å². The SMILES string of the molecule is Cc1ccc([N+](=O)[O-])cc1NC(=O)c1ccnc2ccccc12. The van der Waals surface area contributed by atoms with Crippen LogP contribution in [0.25, 0.3) is 10.9 Å². The summed E-state index contributed by atoms with van der Waals surface area (Å²) in [4.78, 5) is 27.2. The number of hydrogen-bond donors (Lipinski definition) is 1. The Kier molecular flexibility index (Phi) is 3.72. The minimum Gasteiger partial charge on any atom is -0.321 e. The zero-order chi connectivity index (χ0) is 16.4. The number of benzene rings is 2. The van der Waals surface area contributed by atoms with Gasteiger partial charge in [-0.05, 0) is 24.6 Å². The largest absolute Gasteiger partial charge is 0.321 e. The van der Waals surface area contributed by atoms with E-state index in [2.05, 4.69) is 10.3 Å². The minimum atomic E-state index is -0.489. The number of para-hydroxylation sites is 1. The summed E-state index contributed by atoms with van der Waals surface area (Å²) in [6, 6.07) is 13.3. The number of rotatable bonds is 3. The summed E-state index contributed by atoms with van der Waals surface area (Å²) in [5, 5.41) is 14.4. The fraction of sp³-hybridized carbons (Fsp3) is 0.0588. The number of non-ortho nitro benzene ring substituents is 1. The summed E-state index contributed by atoms with van der Waals surface area (Å²) in [6.07, 6.45) is 1.57. The van der Waals surface area contributed by atoms with E-state index >= 15 is 0 Å². The average Bonchev–Trinajstić information content (AvgIpc) is 2.56. The Hall–Kier alpha value is -3.28. The molecule has 6 nitrogen and oxygen atoms in total. The van der Waals surface area contributed by atoms with Gasteiger partial charge >= 0.3 is 0 Å². The highest BCUT2D eigenvalue weighted by atomic mass is 16.6. The van der Waals surface area contributed by atoms with Crippen molar-refractivity contribution >= 4 is 28.2 Å². The number of carbonyl (C=O) groups is 1. The van der Waals surface area contributed by atoms with Gasteiger partial charge in [-0.1, -0.05) is 24.3 Å². The topological polar surface area (TPSA) is 85.1 Å². The van der Waals surface area contributed by atoms with Gasteiger partial charge in [0.25, 0.3) is 11.6 Å². The molecule has 1 amide bonds. The van der Waals surface area contributed by atoms with Gasteiger partial charge in [-0.2, -0.15) is 0 Å². The molecule has 0 atom stereocenters. The first kappa shape index (κ1) is 14.6. The highest BCUT2D eigenvalue weighted by molar-refractivity contribution is 6.12. The molecule has 23 heavy (non-hydrogen) atoms. The van der Waals surface area contributed by atoms with Crippen LogP contribution < -0.4 is 5.32 Å². The summed E-state index contributed by atoms with van der Waals surface area (Å²) >= 11 is 0. The Morgan fingerprint density at radius 2 is 1.96 bits per heavy atom. The average molecular weight is 307 g/mol. The van der Waals surface area contributed by atoms with E-state index in [1.807, 2.05) is 24.3 Å². The van der Waals surface area contributed by atoms with Crippen LogP contribution in [0.1, 0.15) is 15.9 Å². The summed E-state index contributed by atoms with van der Waals surface area (Å²) in [7, 11) is 0. The monoisotopic (exact) mass is 307 g/mol. The number of nitro benzene ring substituents is 1. The van der Waals surface area contributed by atoms with Crippen molar-refractivity contribution in [2.75, 3.05) is 5.32 Å². The fourth-order valence-corrected chi connectivity index (χ4v) is 2.34. The second-order valence-electron chi connectivity index (χ2n) is 5.09. The van der Waals surface area contributed by atoms with E-state index in [1.54, 1.807) is 25.3 Å². The van der Waals surface area contributed by atoms with E-state index in [9.17, 15) is 14.9 Å². The predicted molar refractivity (Wildman–Crippen MR) is 87.5 cm³/mol. The first-order chi connectivity index (χ1) is 11.1. The lowest BCUT2D eigenvalue weighted by molar-refractivity contribution is -0.384. The number of fused-ring (bicyclic) bond motifs is 1. The molecule has 114 valence electrons. The number of carbonyl (C=O) groups excluding carboxylic acids is 1. The Morgan fingerprint density at radius 1 is 1.17 bits per heavy atom.